The number of hydrogen-bond acceptors (Lipinski definition) is 3. The molecule has 1 aliphatic rings. The van der Waals surface area contributed by atoms with E-state index >= 15 is 0 Å². The summed E-state index contributed by atoms with van der Waals surface area (Å²) in [5.41, 5.74) is 1.40. The first-order chi connectivity index (χ1) is 11.7. The van der Waals surface area contributed by atoms with Crippen molar-refractivity contribution < 1.29 is 14.7 Å². The summed E-state index contributed by atoms with van der Waals surface area (Å²) in [4.78, 5) is 29.8. The van der Waals surface area contributed by atoms with Crippen LogP contribution < -0.4 is 0 Å². The number of pyridine rings is 1. The van der Waals surface area contributed by atoms with Gasteiger partial charge < -0.3 is 10.0 Å². The van der Waals surface area contributed by atoms with E-state index in [-0.39, 0.29) is 17.6 Å². The van der Waals surface area contributed by atoms with Crippen LogP contribution >= 0.6 is 0 Å². The van der Waals surface area contributed by atoms with Crippen LogP contribution in [0.3, 0.4) is 0 Å². The molecule has 3 rings (SSSR count). The summed E-state index contributed by atoms with van der Waals surface area (Å²) in [6.07, 6.45) is 5.45. The van der Waals surface area contributed by atoms with Crippen LogP contribution in [0.1, 0.15) is 58.1 Å². The Morgan fingerprint density at radius 3 is 2.62 bits per heavy atom. The van der Waals surface area contributed by atoms with Crippen molar-refractivity contribution in [2.75, 3.05) is 6.54 Å². The maximum absolute atomic E-state index is 13.0. The molecule has 1 fully saturated rings. The van der Waals surface area contributed by atoms with Crippen LogP contribution in [-0.4, -0.2) is 33.4 Å². The van der Waals surface area contributed by atoms with Crippen LogP contribution in [0.15, 0.2) is 48.7 Å². The van der Waals surface area contributed by atoms with Crippen molar-refractivity contribution in [3.8, 4) is 0 Å². The number of carbonyl (C=O) groups excluding carboxylic acids is 1. The largest absolute Gasteiger partial charge is 0.477 e. The number of hydrogen-bond donors (Lipinski definition) is 1. The monoisotopic (exact) mass is 324 g/mol. The fraction of sp³-hybridized carbons (Fsp3) is 0.316. The molecule has 5 heteroatoms. The van der Waals surface area contributed by atoms with Crippen LogP contribution in [-0.2, 0) is 0 Å². The van der Waals surface area contributed by atoms with Gasteiger partial charge in [-0.1, -0.05) is 43.2 Å². The number of carboxylic acid groups (broad SMARTS) is 1. The maximum atomic E-state index is 13.0. The van der Waals surface area contributed by atoms with Crippen LogP contribution in [0.4, 0.5) is 0 Å². The molecule has 1 aliphatic heterocycles. The molecule has 2 aromatic rings. The zero-order chi connectivity index (χ0) is 16.9. The summed E-state index contributed by atoms with van der Waals surface area (Å²) in [5, 5.41) is 9.09. The lowest BCUT2D eigenvalue weighted by Crippen LogP contribution is -2.35. The number of rotatable bonds is 3. The van der Waals surface area contributed by atoms with Gasteiger partial charge in [0.25, 0.3) is 5.91 Å². The molecule has 1 unspecified atom stereocenters. The standard InChI is InChI=1S/C19H20N2O3/c22-18(15-10-11-20-16(13-15)19(23)24)21-12-6-2-5-9-17(21)14-7-3-1-4-8-14/h1,3-4,7-8,10-11,13,17H,2,5-6,9,12H2,(H,23,24). The van der Waals surface area contributed by atoms with Crippen LogP contribution in [0, 0.1) is 0 Å². The van der Waals surface area contributed by atoms with E-state index in [1.807, 2.05) is 35.2 Å². The van der Waals surface area contributed by atoms with Crippen molar-refractivity contribution in [2.45, 2.75) is 31.7 Å². The molecule has 0 spiro atoms. The molecule has 0 bridgehead atoms. The van der Waals surface area contributed by atoms with E-state index < -0.39 is 5.97 Å². The number of likely N-dealkylation sites (tertiary alicyclic amines) is 1. The van der Waals surface area contributed by atoms with Gasteiger partial charge in [-0.2, -0.15) is 0 Å². The molecule has 5 nitrogen and oxygen atoms in total. The van der Waals surface area contributed by atoms with Gasteiger partial charge in [-0.15, -0.1) is 0 Å². The Morgan fingerprint density at radius 1 is 1.08 bits per heavy atom. The molecule has 124 valence electrons. The van der Waals surface area contributed by atoms with E-state index in [0.717, 1.165) is 31.2 Å². The van der Waals surface area contributed by atoms with Gasteiger partial charge in [-0.3, -0.25) is 4.79 Å². The van der Waals surface area contributed by atoms with E-state index in [1.54, 1.807) is 6.07 Å². The average Bonchev–Trinajstić information content (AvgIpc) is 2.88. The number of nitrogens with zero attached hydrogens (tertiary/aromatic N) is 2. The zero-order valence-electron chi connectivity index (χ0n) is 13.4. The molecule has 2 heterocycles. The van der Waals surface area contributed by atoms with E-state index in [2.05, 4.69) is 4.98 Å². The minimum Gasteiger partial charge on any atom is -0.477 e. The fourth-order valence-electron chi connectivity index (χ4n) is 3.22. The highest BCUT2D eigenvalue weighted by Crippen LogP contribution is 2.31. The summed E-state index contributed by atoms with van der Waals surface area (Å²) in [7, 11) is 0. The molecular weight excluding hydrogens is 304 g/mol. The van der Waals surface area contributed by atoms with Crippen molar-refractivity contribution >= 4 is 11.9 Å². The predicted octanol–water partition coefficient (Wildman–Crippen LogP) is 3.54. The topological polar surface area (TPSA) is 70.5 Å². The lowest BCUT2D eigenvalue weighted by molar-refractivity contribution is 0.0680. The Labute approximate surface area is 140 Å². The number of carbonyl (C=O) groups is 2. The van der Waals surface area contributed by atoms with Gasteiger partial charge in [-0.05, 0) is 30.5 Å². The number of benzene rings is 1. The van der Waals surface area contributed by atoms with E-state index in [4.69, 9.17) is 5.11 Å². The highest BCUT2D eigenvalue weighted by molar-refractivity contribution is 5.96. The van der Waals surface area contributed by atoms with Gasteiger partial charge >= 0.3 is 5.97 Å². The van der Waals surface area contributed by atoms with E-state index in [0.29, 0.717) is 12.1 Å². The Bertz CT molecular complexity index is 730. The highest BCUT2D eigenvalue weighted by Gasteiger charge is 2.27. The molecule has 24 heavy (non-hydrogen) atoms. The first kappa shape index (κ1) is 16.2. The van der Waals surface area contributed by atoms with Crippen LogP contribution in [0.25, 0.3) is 0 Å². The highest BCUT2D eigenvalue weighted by atomic mass is 16.4. The number of aromatic carboxylic acids is 1. The summed E-state index contributed by atoms with van der Waals surface area (Å²) >= 11 is 0. The van der Waals surface area contributed by atoms with Crippen molar-refractivity contribution in [1.29, 1.82) is 0 Å². The Morgan fingerprint density at radius 2 is 1.88 bits per heavy atom. The minimum absolute atomic E-state index is 0.0302. The molecular formula is C19H20N2O3. The fourth-order valence-corrected chi connectivity index (χ4v) is 3.22. The van der Waals surface area contributed by atoms with Crippen molar-refractivity contribution in [3.63, 3.8) is 0 Å². The van der Waals surface area contributed by atoms with Gasteiger partial charge in [0, 0.05) is 18.3 Å². The second-order valence-corrected chi connectivity index (χ2v) is 6.01. The van der Waals surface area contributed by atoms with E-state index in [1.165, 1.54) is 12.3 Å². The Balaban J connectivity index is 1.93. The van der Waals surface area contributed by atoms with Crippen LogP contribution in [0.2, 0.25) is 0 Å². The SMILES string of the molecule is O=C(O)c1cc(C(=O)N2CCCCCC2c2ccccc2)ccn1. The second kappa shape index (κ2) is 7.25. The molecule has 1 amide bonds. The Hall–Kier alpha value is -2.69. The molecule has 0 saturated carbocycles. The van der Waals surface area contributed by atoms with Gasteiger partial charge in [0.2, 0.25) is 0 Å². The number of aromatic nitrogens is 1. The minimum atomic E-state index is -1.12. The summed E-state index contributed by atoms with van der Waals surface area (Å²) in [5.74, 6) is -1.25. The molecule has 0 radical (unpaired) electrons. The third kappa shape index (κ3) is 3.45. The first-order valence-electron chi connectivity index (χ1n) is 8.22. The van der Waals surface area contributed by atoms with Crippen LogP contribution in [0.5, 0.6) is 0 Å². The zero-order valence-corrected chi connectivity index (χ0v) is 13.4. The van der Waals surface area contributed by atoms with Crippen molar-refractivity contribution in [1.82, 2.24) is 9.88 Å². The third-order valence-electron chi connectivity index (χ3n) is 4.42. The average molecular weight is 324 g/mol. The first-order valence-corrected chi connectivity index (χ1v) is 8.22. The molecule has 1 atom stereocenters. The van der Waals surface area contributed by atoms with E-state index in [9.17, 15) is 9.59 Å². The van der Waals surface area contributed by atoms with Gasteiger partial charge in [0.15, 0.2) is 0 Å². The molecule has 1 saturated heterocycles. The third-order valence-corrected chi connectivity index (χ3v) is 4.42. The molecule has 1 aromatic heterocycles. The van der Waals surface area contributed by atoms with Gasteiger partial charge in [-0.25, -0.2) is 9.78 Å². The molecule has 0 aliphatic carbocycles. The number of amides is 1. The van der Waals surface area contributed by atoms with Gasteiger partial charge in [0.1, 0.15) is 5.69 Å². The maximum Gasteiger partial charge on any atom is 0.354 e. The Kier molecular flexibility index (Phi) is 4.89. The van der Waals surface area contributed by atoms with Crippen molar-refractivity contribution in [2.24, 2.45) is 0 Å². The normalized spacial score (nSPS) is 18.0. The predicted molar refractivity (Wildman–Crippen MR) is 89.9 cm³/mol. The lowest BCUT2D eigenvalue weighted by atomic mass is 10.00. The van der Waals surface area contributed by atoms with Crippen molar-refractivity contribution in [3.05, 3.63) is 65.5 Å². The smallest absolute Gasteiger partial charge is 0.354 e. The molecule has 1 N–H and O–H groups in total. The lowest BCUT2D eigenvalue weighted by Gasteiger charge is -2.30. The summed E-state index contributed by atoms with van der Waals surface area (Å²) in [6.45, 7) is 0.684. The quantitative estimate of drug-likeness (QED) is 0.937. The second-order valence-electron chi connectivity index (χ2n) is 6.01. The van der Waals surface area contributed by atoms with Gasteiger partial charge in [0.05, 0.1) is 6.04 Å². The summed E-state index contributed by atoms with van der Waals surface area (Å²) in [6, 6.07) is 13.0. The summed E-state index contributed by atoms with van der Waals surface area (Å²) < 4.78 is 0. The number of carboxylic acids is 1. The molecule has 1 aromatic carbocycles.